The Morgan fingerprint density at radius 3 is 2.52 bits per heavy atom. The number of benzene rings is 2. The summed E-state index contributed by atoms with van der Waals surface area (Å²) in [6.45, 7) is 5.06. The summed E-state index contributed by atoms with van der Waals surface area (Å²) in [4.78, 5) is 17.7. The highest BCUT2D eigenvalue weighted by Gasteiger charge is 2.24. The van der Waals surface area contributed by atoms with Crippen molar-refractivity contribution in [2.45, 2.75) is 6.92 Å². The van der Waals surface area contributed by atoms with Crippen LogP contribution < -0.4 is 10.7 Å². The molecule has 1 aliphatic rings. The number of hydrogen-bond acceptors (Lipinski definition) is 4. The first-order valence-electron chi connectivity index (χ1n) is 9.41. The number of halogens is 2. The Bertz CT molecular complexity index is 1030. The van der Waals surface area contributed by atoms with Gasteiger partial charge in [0.2, 0.25) is 0 Å². The quantitative estimate of drug-likeness (QED) is 0.663. The molecule has 1 saturated heterocycles. The lowest BCUT2D eigenvalue weighted by Gasteiger charge is -2.27. The van der Waals surface area contributed by atoms with Crippen LogP contribution >= 0.6 is 23.2 Å². The predicted molar refractivity (Wildman–Crippen MR) is 116 cm³/mol. The summed E-state index contributed by atoms with van der Waals surface area (Å²) in [5.41, 5.74) is 5.69. The number of carbonyl (C=O) groups is 1. The summed E-state index contributed by atoms with van der Waals surface area (Å²) in [6, 6.07) is 15.1. The molecule has 0 saturated carbocycles. The summed E-state index contributed by atoms with van der Waals surface area (Å²) in [5, 5.41) is 6.21. The molecule has 8 heteroatoms. The summed E-state index contributed by atoms with van der Waals surface area (Å²) in [7, 11) is 0. The average Bonchev–Trinajstić information content (AvgIpc) is 3.06. The van der Waals surface area contributed by atoms with Gasteiger partial charge in [-0.15, -0.1) is 0 Å². The monoisotopic (exact) mass is 429 g/mol. The van der Waals surface area contributed by atoms with Gasteiger partial charge in [0.15, 0.2) is 5.69 Å². The molecule has 2 heterocycles. The molecule has 1 aromatic heterocycles. The van der Waals surface area contributed by atoms with Crippen LogP contribution in [-0.2, 0) is 0 Å². The molecular formula is C21H21Cl2N5O. The Hall–Kier alpha value is -2.38. The largest absolute Gasteiger partial charge is 0.314 e. The van der Waals surface area contributed by atoms with Gasteiger partial charge in [-0.2, -0.15) is 0 Å². The van der Waals surface area contributed by atoms with Gasteiger partial charge in [-0.05, 0) is 37.3 Å². The van der Waals surface area contributed by atoms with Crippen molar-refractivity contribution in [2.75, 3.05) is 26.2 Å². The molecule has 3 aromatic rings. The Morgan fingerprint density at radius 2 is 1.83 bits per heavy atom. The van der Waals surface area contributed by atoms with Crippen LogP contribution in [0, 0.1) is 6.92 Å². The Labute approximate surface area is 179 Å². The minimum absolute atomic E-state index is 0.231. The van der Waals surface area contributed by atoms with Gasteiger partial charge in [-0.25, -0.2) is 9.99 Å². The van der Waals surface area contributed by atoms with Crippen molar-refractivity contribution in [3.8, 4) is 17.1 Å². The zero-order valence-electron chi connectivity index (χ0n) is 16.0. The van der Waals surface area contributed by atoms with Crippen LogP contribution in [0.4, 0.5) is 0 Å². The lowest BCUT2D eigenvalue weighted by molar-refractivity contribution is 0.0759. The molecule has 4 rings (SSSR count). The van der Waals surface area contributed by atoms with Gasteiger partial charge in [0.05, 0.1) is 10.7 Å². The lowest BCUT2D eigenvalue weighted by atomic mass is 10.2. The molecular weight excluding hydrogens is 409 g/mol. The van der Waals surface area contributed by atoms with Crippen LogP contribution in [0.2, 0.25) is 10.0 Å². The van der Waals surface area contributed by atoms with Crippen LogP contribution in [0.1, 0.15) is 16.2 Å². The molecule has 1 aliphatic heterocycles. The number of carbonyl (C=O) groups excluding carboxylic acids is 1. The van der Waals surface area contributed by atoms with Crippen LogP contribution in [0.5, 0.6) is 0 Å². The maximum atomic E-state index is 13.0. The highest BCUT2D eigenvalue weighted by atomic mass is 35.5. The zero-order valence-corrected chi connectivity index (χ0v) is 17.5. The topological polar surface area (TPSA) is 62.2 Å². The van der Waals surface area contributed by atoms with Crippen molar-refractivity contribution in [1.82, 2.24) is 25.3 Å². The van der Waals surface area contributed by atoms with Gasteiger partial charge in [-0.3, -0.25) is 14.8 Å². The molecule has 2 N–H and O–H groups in total. The van der Waals surface area contributed by atoms with E-state index in [1.165, 1.54) is 0 Å². The number of amides is 1. The van der Waals surface area contributed by atoms with Crippen molar-refractivity contribution >= 4 is 29.1 Å². The molecule has 1 fully saturated rings. The second-order valence-corrected chi connectivity index (χ2v) is 7.69. The number of piperazine rings is 1. The number of para-hydroxylation sites is 1. The third kappa shape index (κ3) is 4.16. The minimum Gasteiger partial charge on any atom is -0.314 e. The Kier molecular flexibility index (Phi) is 5.87. The molecule has 0 unspecified atom stereocenters. The van der Waals surface area contributed by atoms with Crippen LogP contribution in [0.15, 0.2) is 48.5 Å². The van der Waals surface area contributed by atoms with Crippen LogP contribution in [-0.4, -0.2) is 46.6 Å². The number of rotatable bonds is 4. The number of nitrogens with one attached hydrogen (secondary N) is 2. The molecule has 6 nitrogen and oxygen atoms in total. The van der Waals surface area contributed by atoms with E-state index in [4.69, 9.17) is 28.2 Å². The molecule has 0 atom stereocenters. The predicted octanol–water partition coefficient (Wildman–Crippen LogP) is 3.70. The van der Waals surface area contributed by atoms with E-state index >= 15 is 0 Å². The smallest absolute Gasteiger partial charge is 0.286 e. The average molecular weight is 430 g/mol. The summed E-state index contributed by atoms with van der Waals surface area (Å²) < 4.78 is 1.95. The molecule has 150 valence electrons. The molecule has 0 bridgehead atoms. The van der Waals surface area contributed by atoms with E-state index < -0.39 is 0 Å². The number of nitrogens with zero attached hydrogens (tertiary/aromatic N) is 3. The summed E-state index contributed by atoms with van der Waals surface area (Å²) in [5.74, 6) is 0.367. The fourth-order valence-electron chi connectivity index (χ4n) is 3.43. The van der Waals surface area contributed by atoms with E-state index in [-0.39, 0.29) is 5.91 Å². The van der Waals surface area contributed by atoms with E-state index in [1.807, 2.05) is 52.9 Å². The van der Waals surface area contributed by atoms with Crippen molar-refractivity contribution in [1.29, 1.82) is 0 Å². The van der Waals surface area contributed by atoms with Gasteiger partial charge >= 0.3 is 0 Å². The van der Waals surface area contributed by atoms with E-state index in [1.54, 1.807) is 12.1 Å². The third-order valence-corrected chi connectivity index (χ3v) is 5.43. The molecule has 29 heavy (non-hydrogen) atoms. The van der Waals surface area contributed by atoms with Crippen LogP contribution in [0.25, 0.3) is 17.1 Å². The van der Waals surface area contributed by atoms with Gasteiger partial charge < -0.3 is 5.32 Å². The van der Waals surface area contributed by atoms with E-state index in [9.17, 15) is 4.79 Å². The first-order chi connectivity index (χ1) is 14.0. The first kappa shape index (κ1) is 19.9. The van der Waals surface area contributed by atoms with Crippen molar-refractivity contribution < 1.29 is 4.79 Å². The normalized spacial score (nSPS) is 14.7. The standard InChI is InChI=1S/C21H21Cl2N5O/c1-14-19(21(29)26-27-11-9-24-10-12-27)25-20(17-8-7-15(22)13-18(17)23)28(14)16-5-3-2-4-6-16/h2-8,13,24H,9-12H2,1H3,(H,26,29). The zero-order chi connectivity index (χ0) is 20.4. The van der Waals surface area contributed by atoms with Gasteiger partial charge in [-0.1, -0.05) is 41.4 Å². The highest BCUT2D eigenvalue weighted by molar-refractivity contribution is 6.36. The fraction of sp³-hybridized carbons (Fsp3) is 0.238. The second kappa shape index (κ2) is 8.55. The Balaban J connectivity index is 1.79. The number of imidazole rings is 1. The van der Waals surface area contributed by atoms with Gasteiger partial charge in [0.25, 0.3) is 5.91 Å². The maximum absolute atomic E-state index is 13.0. The molecule has 1 amide bonds. The summed E-state index contributed by atoms with van der Waals surface area (Å²) in [6.07, 6.45) is 0. The van der Waals surface area contributed by atoms with E-state index in [0.717, 1.165) is 37.6 Å². The molecule has 2 aromatic carbocycles. The number of aromatic nitrogens is 2. The minimum atomic E-state index is -0.231. The van der Waals surface area contributed by atoms with E-state index in [2.05, 4.69) is 10.7 Å². The molecule has 0 spiro atoms. The number of hydrazine groups is 1. The fourth-order valence-corrected chi connectivity index (χ4v) is 3.93. The molecule has 0 radical (unpaired) electrons. The van der Waals surface area contributed by atoms with Crippen molar-refractivity contribution in [3.05, 3.63) is 70.0 Å². The van der Waals surface area contributed by atoms with Gasteiger partial charge in [0, 0.05) is 42.5 Å². The number of hydrogen-bond donors (Lipinski definition) is 2. The van der Waals surface area contributed by atoms with Gasteiger partial charge in [0.1, 0.15) is 5.82 Å². The maximum Gasteiger partial charge on any atom is 0.286 e. The third-order valence-electron chi connectivity index (χ3n) is 4.89. The lowest BCUT2D eigenvalue weighted by Crippen LogP contribution is -2.52. The van der Waals surface area contributed by atoms with E-state index in [0.29, 0.717) is 27.1 Å². The van der Waals surface area contributed by atoms with Crippen LogP contribution in [0.3, 0.4) is 0 Å². The SMILES string of the molecule is Cc1c(C(=O)NN2CCNCC2)nc(-c2ccc(Cl)cc2Cl)n1-c1ccccc1. The highest BCUT2D eigenvalue weighted by Crippen LogP contribution is 2.33. The van der Waals surface area contributed by atoms with Crippen molar-refractivity contribution in [3.63, 3.8) is 0 Å². The Morgan fingerprint density at radius 1 is 1.10 bits per heavy atom. The first-order valence-corrected chi connectivity index (χ1v) is 10.2. The van der Waals surface area contributed by atoms with Crippen molar-refractivity contribution in [2.24, 2.45) is 0 Å². The molecule has 0 aliphatic carbocycles. The second-order valence-electron chi connectivity index (χ2n) is 6.84. The summed E-state index contributed by atoms with van der Waals surface area (Å²) >= 11 is 12.5.